The average Bonchev–Trinajstić information content (AvgIpc) is 3.62. The molecule has 1 amide bonds. The number of aryl methyl sites for hydroxylation is 2. The number of piperidine rings is 1. The Morgan fingerprint density at radius 3 is 2.33 bits per heavy atom. The Morgan fingerprint density at radius 2 is 1.72 bits per heavy atom. The van der Waals surface area contributed by atoms with E-state index in [-0.39, 0.29) is 6.41 Å². The molecule has 236 valence electrons. The number of unbranched alkanes of at least 4 members (excludes halogenated alkanes) is 3. The highest BCUT2D eigenvalue weighted by Crippen LogP contribution is 2.53. The molecule has 2 aliphatic rings. The van der Waals surface area contributed by atoms with E-state index in [0.29, 0.717) is 17.2 Å². The molecule has 2 aromatic heterocycles. The molecular weight excluding hydrogens is 558 g/mol. The number of nitrogens with two attached hydrogens (primary N) is 1. The molecule has 3 aromatic rings. The smallest absolute Gasteiger partial charge is 0.204 e. The number of fused-ring (bicyclic) bond motifs is 1. The number of hydrogen-bond donors (Lipinski definition) is 2. The fraction of sp³-hybridized carbons (Fsp3) is 0.543. The molecule has 5 rings (SSSR count). The number of nitrogens with zero attached hydrogens (tertiary/aromatic N) is 3. The summed E-state index contributed by atoms with van der Waals surface area (Å²) < 4.78 is 0. The number of amides is 1. The number of carbonyl (C=O) groups excluding carboxylic acids is 2. The third kappa shape index (κ3) is 13.3. The largest absolute Gasteiger partial charge is 0.372 e. The Morgan fingerprint density at radius 1 is 1.09 bits per heavy atom. The van der Waals surface area contributed by atoms with Crippen molar-refractivity contribution in [1.29, 1.82) is 0 Å². The second-order valence-corrected chi connectivity index (χ2v) is 11.4. The lowest BCUT2D eigenvalue weighted by Crippen LogP contribution is -2.30. The van der Waals surface area contributed by atoms with Gasteiger partial charge in [0.15, 0.2) is 0 Å². The molecule has 1 aromatic carbocycles. The van der Waals surface area contributed by atoms with Crippen LogP contribution < -0.4 is 5.73 Å². The Labute approximate surface area is 264 Å². The average molecular weight is 610 g/mol. The molecule has 2 fully saturated rings. The molecule has 3 N–H and O–H groups in total. The number of likely N-dealkylation sites (tertiary alicyclic amines) is 1. The molecule has 0 bridgehead atoms. The predicted molar refractivity (Wildman–Crippen MR) is 181 cm³/mol. The van der Waals surface area contributed by atoms with Gasteiger partial charge in [0.25, 0.3) is 0 Å². The number of carbonyl (C=O) groups is 2. The van der Waals surface area contributed by atoms with Gasteiger partial charge in [0.05, 0.1) is 22.4 Å². The molecule has 1 aliphatic heterocycles. The number of primary amides is 1. The van der Waals surface area contributed by atoms with Crippen LogP contribution in [0.5, 0.6) is 0 Å². The normalized spacial score (nSPS) is 14.4. The lowest BCUT2D eigenvalue weighted by atomic mass is 9.94. The van der Waals surface area contributed by atoms with E-state index >= 15 is 0 Å². The van der Waals surface area contributed by atoms with Gasteiger partial charge in [-0.3, -0.25) is 14.6 Å². The lowest BCUT2D eigenvalue weighted by Gasteiger charge is -2.28. The van der Waals surface area contributed by atoms with Crippen molar-refractivity contribution in [3.8, 4) is 24.1 Å². The zero-order valence-electron chi connectivity index (χ0n) is 26.9. The summed E-state index contributed by atoms with van der Waals surface area (Å²) in [5, 5.41) is 1.74. The Kier molecular flexibility index (Phi) is 18.2. The number of terminal acetylenes is 1. The SMILES string of the molecule is C#C.CC.CCC(=O)CCCCCCc1ncc(-c2cc3ccc(C)nc3cc2Cl)[nH]1.CN1CCC2(CC1)CC2.NC=O. The minimum atomic E-state index is 0.250. The summed E-state index contributed by atoms with van der Waals surface area (Å²) in [7, 11) is 2.23. The van der Waals surface area contributed by atoms with Crippen LogP contribution in [0.15, 0.2) is 30.5 Å². The standard InChI is InChI=1S/C22H26ClN3O.C8H15N.C2H6.C2H2.CH3NO/c1-3-17(27)8-6-4-5-7-9-22-24-14-21(26-22)18-12-16-11-10-15(2)25-20(16)13-19(18)23;1-9-6-4-8(2-3-8)5-7-9;2*1-2;2-1-3/h10-14H,3-9H2,1-2H3,(H,24,26);2-7H2,1H3;1-2H3;1-2H;1H,(H2,2,3). The molecule has 0 atom stereocenters. The van der Waals surface area contributed by atoms with Crippen LogP contribution in [0.4, 0.5) is 0 Å². The van der Waals surface area contributed by atoms with Crippen molar-refractivity contribution in [2.75, 3.05) is 20.1 Å². The third-order valence-corrected chi connectivity index (χ3v) is 8.17. The van der Waals surface area contributed by atoms with Gasteiger partial charge < -0.3 is 15.6 Å². The molecule has 1 saturated carbocycles. The topological polar surface area (TPSA) is 105 Å². The summed E-state index contributed by atoms with van der Waals surface area (Å²) >= 11 is 6.48. The van der Waals surface area contributed by atoms with Crippen LogP contribution in [-0.4, -0.2) is 52.2 Å². The Bertz CT molecular complexity index is 1260. The number of imidazole rings is 1. The molecule has 8 heteroatoms. The molecule has 7 nitrogen and oxygen atoms in total. The van der Waals surface area contributed by atoms with Gasteiger partial charge in [-0.05, 0) is 89.2 Å². The lowest BCUT2D eigenvalue weighted by molar-refractivity contribution is -0.118. The summed E-state index contributed by atoms with van der Waals surface area (Å²) in [6.45, 7) is 10.6. The second-order valence-electron chi connectivity index (χ2n) is 11.0. The van der Waals surface area contributed by atoms with Gasteiger partial charge in [-0.15, -0.1) is 12.8 Å². The molecule has 0 unspecified atom stereocenters. The van der Waals surface area contributed by atoms with E-state index < -0.39 is 0 Å². The van der Waals surface area contributed by atoms with Gasteiger partial charge >= 0.3 is 0 Å². The predicted octanol–water partition coefficient (Wildman–Crippen LogP) is 7.93. The zero-order chi connectivity index (χ0) is 32.3. The maximum Gasteiger partial charge on any atom is 0.204 e. The van der Waals surface area contributed by atoms with Crippen LogP contribution in [0, 0.1) is 25.2 Å². The number of nitrogens with one attached hydrogen (secondary N) is 1. The first-order chi connectivity index (χ1) is 20.8. The van der Waals surface area contributed by atoms with Crippen molar-refractivity contribution in [3.63, 3.8) is 0 Å². The van der Waals surface area contributed by atoms with Gasteiger partial charge in [0.1, 0.15) is 11.6 Å². The minimum Gasteiger partial charge on any atom is -0.372 e. The summed E-state index contributed by atoms with van der Waals surface area (Å²) in [5.41, 5.74) is 8.81. The number of halogens is 1. The first-order valence-corrected chi connectivity index (χ1v) is 16.0. The van der Waals surface area contributed by atoms with Crippen LogP contribution in [0.25, 0.3) is 22.2 Å². The van der Waals surface area contributed by atoms with Gasteiger partial charge in [-0.25, -0.2) is 4.98 Å². The van der Waals surface area contributed by atoms with Crippen LogP contribution >= 0.6 is 11.6 Å². The van der Waals surface area contributed by atoms with Crippen LogP contribution in [0.1, 0.15) is 96.5 Å². The number of hydrogen-bond acceptors (Lipinski definition) is 5. The van der Waals surface area contributed by atoms with Gasteiger partial charge in [0.2, 0.25) is 6.41 Å². The number of Topliss-reactive ketones (excluding diaryl/α,β-unsaturated/α-hetero) is 1. The molecule has 3 heterocycles. The molecule has 1 aliphatic carbocycles. The van der Waals surface area contributed by atoms with E-state index in [9.17, 15) is 4.79 Å². The number of aromatic amines is 1. The first-order valence-electron chi connectivity index (χ1n) is 15.6. The van der Waals surface area contributed by atoms with Crippen molar-refractivity contribution < 1.29 is 9.59 Å². The number of ketones is 1. The van der Waals surface area contributed by atoms with E-state index in [4.69, 9.17) is 16.4 Å². The zero-order valence-corrected chi connectivity index (χ0v) is 27.7. The highest BCUT2D eigenvalue weighted by Gasteiger charge is 2.43. The van der Waals surface area contributed by atoms with Crippen molar-refractivity contribution in [2.45, 2.75) is 98.3 Å². The fourth-order valence-corrected chi connectivity index (χ4v) is 5.25. The number of rotatable bonds is 9. The molecule has 1 spiro atoms. The Balaban J connectivity index is 0.000000474. The summed E-state index contributed by atoms with van der Waals surface area (Å²) in [4.78, 5) is 34.8. The number of pyridine rings is 1. The number of aromatic nitrogens is 3. The molecule has 1 saturated heterocycles. The van der Waals surface area contributed by atoms with Gasteiger partial charge in [-0.1, -0.05) is 51.3 Å². The van der Waals surface area contributed by atoms with Crippen molar-refractivity contribution in [3.05, 3.63) is 47.0 Å². The van der Waals surface area contributed by atoms with Crippen LogP contribution in [-0.2, 0) is 16.0 Å². The quantitative estimate of drug-likeness (QED) is 0.146. The third-order valence-electron chi connectivity index (χ3n) is 7.85. The van der Waals surface area contributed by atoms with E-state index in [0.717, 1.165) is 77.6 Å². The van der Waals surface area contributed by atoms with E-state index in [1.165, 1.54) is 38.8 Å². The van der Waals surface area contributed by atoms with E-state index in [1.807, 2.05) is 46.0 Å². The summed E-state index contributed by atoms with van der Waals surface area (Å²) in [5.74, 6) is 1.34. The van der Waals surface area contributed by atoms with Crippen LogP contribution in [0.2, 0.25) is 5.02 Å². The van der Waals surface area contributed by atoms with Crippen LogP contribution in [0.3, 0.4) is 0 Å². The second kappa shape index (κ2) is 20.7. The highest BCUT2D eigenvalue weighted by atomic mass is 35.5. The Hall–Kier alpha value is -3.21. The van der Waals surface area contributed by atoms with Gasteiger partial charge in [-0.2, -0.15) is 0 Å². The molecule has 0 radical (unpaired) electrons. The summed E-state index contributed by atoms with van der Waals surface area (Å²) in [6, 6.07) is 8.05. The van der Waals surface area contributed by atoms with E-state index in [2.05, 4.69) is 57.6 Å². The minimum absolute atomic E-state index is 0.250. The maximum atomic E-state index is 11.3. The maximum absolute atomic E-state index is 11.3. The van der Waals surface area contributed by atoms with Gasteiger partial charge in [0, 0.05) is 35.9 Å². The van der Waals surface area contributed by atoms with Crippen molar-refractivity contribution in [2.24, 2.45) is 11.1 Å². The van der Waals surface area contributed by atoms with Crippen molar-refractivity contribution >= 4 is 34.7 Å². The van der Waals surface area contributed by atoms with Crippen molar-refractivity contribution in [1.82, 2.24) is 19.9 Å². The summed E-state index contributed by atoms with van der Waals surface area (Å²) in [6.07, 6.45) is 22.7. The number of benzene rings is 1. The molecular formula is C35H52ClN5O2. The van der Waals surface area contributed by atoms with E-state index in [1.54, 1.807) is 0 Å². The number of H-pyrrole nitrogens is 1. The molecule has 43 heavy (non-hydrogen) atoms. The first kappa shape index (κ1) is 37.8. The highest BCUT2D eigenvalue weighted by molar-refractivity contribution is 6.34. The monoisotopic (exact) mass is 609 g/mol. The fourth-order valence-electron chi connectivity index (χ4n) is 4.99.